The number of nitrogens with zero attached hydrogens (tertiary/aromatic N) is 2. The minimum Gasteiger partial charge on any atom is -0.345 e. The molecular formula is C26H25FN4O3S. The third-order valence-electron chi connectivity index (χ3n) is 6.40. The van der Waals surface area contributed by atoms with E-state index < -0.39 is 27.8 Å². The first-order valence-corrected chi connectivity index (χ1v) is 12.9. The highest BCUT2D eigenvalue weighted by molar-refractivity contribution is 7.89. The Morgan fingerprint density at radius 2 is 1.83 bits per heavy atom. The van der Waals surface area contributed by atoms with Gasteiger partial charge in [-0.3, -0.25) is 4.79 Å². The molecule has 0 saturated carbocycles. The van der Waals surface area contributed by atoms with E-state index in [9.17, 15) is 17.6 Å². The summed E-state index contributed by atoms with van der Waals surface area (Å²) in [6, 6.07) is 19.8. The fraction of sp³-hybridized carbons (Fsp3) is 0.231. The number of amides is 1. The number of aromatic nitrogens is 2. The summed E-state index contributed by atoms with van der Waals surface area (Å²) in [5.74, 6) is -1.20. The Morgan fingerprint density at radius 1 is 1.06 bits per heavy atom. The molecule has 2 heterocycles. The van der Waals surface area contributed by atoms with Gasteiger partial charge in [0.15, 0.2) is 0 Å². The van der Waals surface area contributed by atoms with Gasteiger partial charge in [-0.05, 0) is 60.4 Å². The lowest BCUT2D eigenvalue weighted by atomic mass is 9.95. The number of aromatic amines is 1. The summed E-state index contributed by atoms with van der Waals surface area (Å²) < 4.78 is 40.8. The molecule has 9 heteroatoms. The summed E-state index contributed by atoms with van der Waals surface area (Å²) >= 11 is 0. The zero-order chi connectivity index (χ0) is 24.4. The van der Waals surface area contributed by atoms with Crippen LogP contribution in [0.15, 0.2) is 84.0 Å². The van der Waals surface area contributed by atoms with Crippen molar-refractivity contribution in [2.24, 2.45) is 5.92 Å². The molecule has 180 valence electrons. The Hall–Kier alpha value is -3.56. The van der Waals surface area contributed by atoms with Crippen LogP contribution in [0.1, 0.15) is 30.0 Å². The molecule has 0 bridgehead atoms. The van der Waals surface area contributed by atoms with Crippen LogP contribution >= 0.6 is 0 Å². The zero-order valence-electron chi connectivity index (χ0n) is 18.9. The predicted molar refractivity (Wildman–Crippen MR) is 130 cm³/mol. The molecule has 7 nitrogen and oxygen atoms in total. The topological polar surface area (TPSA) is 95.2 Å². The molecule has 1 aliphatic rings. The highest BCUT2D eigenvalue weighted by atomic mass is 32.2. The van der Waals surface area contributed by atoms with E-state index in [1.165, 1.54) is 16.4 Å². The number of imidazole rings is 1. The quantitative estimate of drug-likeness (QED) is 0.425. The Kier molecular flexibility index (Phi) is 6.36. The maximum Gasteiger partial charge on any atom is 0.243 e. The molecule has 1 saturated heterocycles. The molecule has 0 radical (unpaired) electrons. The van der Waals surface area contributed by atoms with Crippen LogP contribution in [0.2, 0.25) is 0 Å². The maximum absolute atomic E-state index is 13.4. The first-order valence-electron chi connectivity index (χ1n) is 11.5. The molecule has 35 heavy (non-hydrogen) atoms. The fourth-order valence-electron chi connectivity index (χ4n) is 4.53. The van der Waals surface area contributed by atoms with Crippen molar-refractivity contribution in [3.8, 4) is 0 Å². The van der Waals surface area contributed by atoms with Crippen LogP contribution in [-0.4, -0.2) is 41.7 Å². The number of H-pyrrole nitrogens is 1. The van der Waals surface area contributed by atoms with E-state index in [1.807, 2.05) is 48.5 Å². The van der Waals surface area contributed by atoms with Gasteiger partial charge in [-0.1, -0.05) is 36.4 Å². The lowest BCUT2D eigenvalue weighted by Gasteiger charge is -2.32. The van der Waals surface area contributed by atoms with Crippen LogP contribution in [0, 0.1) is 11.7 Å². The molecule has 2 N–H and O–H groups in total. The number of nitrogens with one attached hydrogen (secondary N) is 2. The van der Waals surface area contributed by atoms with Crippen LogP contribution in [0.25, 0.3) is 11.0 Å². The van der Waals surface area contributed by atoms with E-state index in [0.717, 1.165) is 34.3 Å². The second-order valence-corrected chi connectivity index (χ2v) is 10.6. The van der Waals surface area contributed by atoms with E-state index in [2.05, 4.69) is 15.3 Å². The van der Waals surface area contributed by atoms with Gasteiger partial charge in [0.1, 0.15) is 5.82 Å². The van der Waals surface area contributed by atoms with Gasteiger partial charge < -0.3 is 10.3 Å². The highest BCUT2D eigenvalue weighted by Crippen LogP contribution is 2.28. The number of fused-ring (bicyclic) bond motifs is 1. The molecule has 1 aliphatic heterocycles. The van der Waals surface area contributed by atoms with Crippen LogP contribution in [0.3, 0.4) is 0 Å². The lowest BCUT2D eigenvalue weighted by Crippen LogP contribution is -2.46. The van der Waals surface area contributed by atoms with E-state index in [-0.39, 0.29) is 17.3 Å². The van der Waals surface area contributed by atoms with Gasteiger partial charge in [0.25, 0.3) is 0 Å². The molecule has 0 spiro atoms. The van der Waals surface area contributed by atoms with E-state index in [0.29, 0.717) is 19.4 Å². The van der Waals surface area contributed by atoms with Gasteiger partial charge in [-0.15, -0.1) is 0 Å². The first-order chi connectivity index (χ1) is 16.9. The lowest BCUT2D eigenvalue weighted by molar-refractivity contribution is -0.126. The van der Waals surface area contributed by atoms with E-state index >= 15 is 0 Å². The van der Waals surface area contributed by atoms with Crippen molar-refractivity contribution in [1.29, 1.82) is 0 Å². The van der Waals surface area contributed by atoms with Crippen LogP contribution in [0.4, 0.5) is 4.39 Å². The largest absolute Gasteiger partial charge is 0.345 e. The molecular weight excluding hydrogens is 467 g/mol. The molecule has 1 fully saturated rings. The average molecular weight is 493 g/mol. The molecule has 0 unspecified atom stereocenters. The zero-order valence-corrected chi connectivity index (χ0v) is 19.7. The number of sulfonamides is 1. The number of piperidine rings is 1. The SMILES string of the molecule is O=C(N[C@H](c1ccccc1)c1ccc2nc[nH]c2c1)[C@H]1CCCN(S(=O)(=O)c2ccc(F)cc2)C1. The minimum absolute atomic E-state index is 0.0231. The number of hydrogen-bond acceptors (Lipinski definition) is 4. The Labute approximate surface area is 203 Å². The molecule has 0 aliphatic carbocycles. The third kappa shape index (κ3) is 4.82. The molecule has 3 aromatic carbocycles. The number of halogens is 1. The number of carbonyl (C=O) groups is 1. The van der Waals surface area contributed by atoms with Crippen LogP contribution in [0.5, 0.6) is 0 Å². The van der Waals surface area contributed by atoms with Crippen molar-refractivity contribution in [3.63, 3.8) is 0 Å². The second kappa shape index (κ2) is 9.59. The van der Waals surface area contributed by atoms with E-state index in [1.54, 1.807) is 6.33 Å². The van der Waals surface area contributed by atoms with E-state index in [4.69, 9.17) is 0 Å². The Balaban J connectivity index is 1.38. The average Bonchev–Trinajstić information content (AvgIpc) is 3.36. The van der Waals surface area contributed by atoms with Crippen molar-refractivity contribution >= 4 is 27.0 Å². The minimum atomic E-state index is -3.82. The van der Waals surface area contributed by atoms with Crippen LogP contribution in [-0.2, 0) is 14.8 Å². The normalized spacial score (nSPS) is 17.8. The summed E-state index contributed by atoms with van der Waals surface area (Å²) in [6.45, 7) is 0.398. The van der Waals surface area contributed by atoms with Crippen molar-refractivity contribution in [2.45, 2.75) is 23.8 Å². The highest BCUT2D eigenvalue weighted by Gasteiger charge is 2.34. The van der Waals surface area contributed by atoms with Crippen LogP contribution < -0.4 is 5.32 Å². The van der Waals surface area contributed by atoms with Crippen molar-refractivity contribution in [1.82, 2.24) is 19.6 Å². The van der Waals surface area contributed by atoms with Gasteiger partial charge in [-0.25, -0.2) is 17.8 Å². The molecule has 5 rings (SSSR count). The smallest absolute Gasteiger partial charge is 0.243 e. The fourth-order valence-corrected chi connectivity index (χ4v) is 6.05. The van der Waals surface area contributed by atoms with Gasteiger partial charge in [-0.2, -0.15) is 4.31 Å². The molecule has 1 amide bonds. The predicted octanol–water partition coefficient (Wildman–Crippen LogP) is 4.01. The summed E-state index contributed by atoms with van der Waals surface area (Å²) in [5.41, 5.74) is 3.52. The van der Waals surface area contributed by atoms with Gasteiger partial charge >= 0.3 is 0 Å². The Morgan fingerprint density at radius 3 is 2.60 bits per heavy atom. The molecule has 1 aromatic heterocycles. The monoisotopic (exact) mass is 492 g/mol. The van der Waals surface area contributed by atoms with Gasteiger partial charge in [0, 0.05) is 13.1 Å². The Bertz CT molecular complexity index is 1440. The number of benzene rings is 3. The maximum atomic E-state index is 13.4. The van der Waals surface area contributed by atoms with Crippen molar-refractivity contribution in [3.05, 3.63) is 96.1 Å². The first kappa shape index (κ1) is 23.2. The summed E-state index contributed by atoms with van der Waals surface area (Å²) in [7, 11) is -3.82. The summed E-state index contributed by atoms with van der Waals surface area (Å²) in [4.78, 5) is 20.8. The number of hydrogen-bond donors (Lipinski definition) is 2. The summed E-state index contributed by atoms with van der Waals surface area (Å²) in [6.07, 6.45) is 2.78. The molecule has 2 atom stereocenters. The van der Waals surface area contributed by atoms with Crippen molar-refractivity contribution < 1.29 is 17.6 Å². The summed E-state index contributed by atoms with van der Waals surface area (Å²) in [5, 5.41) is 3.15. The second-order valence-electron chi connectivity index (χ2n) is 8.69. The van der Waals surface area contributed by atoms with Crippen molar-refractivity contribution in [2.75, 3.05) is 13.1 Å². The number of rotatable bonds is 6. The van der Waals surface area contributed by atoms with Gasteiger partial charge in [0.05, 0.1) is 34.2 Å². The third-order valence-corrected chi connectivity index (χ3v) is 8.28. The van der Waals surface area contributed by atoms with Gasteiger partial charge in [0.2, 0.25) is 15.9 Å². The molecule has 4 aromatic rings. The standard InChI is InChI=1S/C26H25FN4O3S/c27-21-9-11-22(12-10-21)35(33,34)31-14-4-7-20(16-31)26(32)30-25(18-5-2-1-3-6-18)19-8-13-23-24(15-19)29-17-28-23/h1-3,5-6,8-13,15,17,20,25H,4,7,14,16H2,(H,28,29)(H,30,32)/t20-,25+/m0/s1. The number of carbonyl (C=O) groups excluding carboxylic acids is 1.